The lowest BCUT2D eigenvalue weighted by molar-refractivity contribution is -0.133. The van der Waals surface area contributed by atoms with E-state index in [-0.39, 0.29) is 15.1 Å². The van der Waals surface area contributed by atoms with Gasteiger partial charge in [-0.2, -0.15) is 4.72 Å². The van der Waals surface area contributed by atoms with E-state index in [1.807, 2.05) is 6.92 Å². The Morgan fingerprint density at radius 1 is 1.15 bits per heavy atom. The van der Waals surface area contributed by atoms with Gasteiger partial charge in [0.2, 0.25) is 15.8 Å². The summed E-state index contributed by atoms with van der Waals surface area (Å²) in [6, 6.07) is 12.9. The lowest BCUT2D eigenvalue weighted by Gasteiger charge is -2.09. The SMILES string of the molecule is Cc1ccc(S(=O)(=O)NCC(=O)Oc2c(Br)c3ccccc3oc2=O)cc1. The third kappa shape index (κ3) is 4.26. The summed E-state index contributed by atoms with van der Waals surface area (Å²) in [4.78, 5) is 24.1. The number of carbonyl (C=O) groups is 1. The summed E-state index contributed by atoms with van der Waals surface area (Å²) >= 11 is 3.22. The van der Waals surface area contributed by atoms with Gasteiger partial charge in [0, 0.05) is 5.39 Å². The number of para-hydroxylation sites is 1. The molecule has 140 valence electrons. The van der Waals surface area contributed by atoms with E-state index in [0.717, 1.165) is 5.56 Å². The number of nitrogens with one attached hydrogen (secondary N) is 1. The molecule has 2 aromatic carbocycles. The van der Waals surface area contributed by atoms with Gasteiger partial charge in [0.05, 0.1) is 9.37 Å². The van der Waals surface area contributed by atoms with Crippen molar-refractivity contribution in [3.63, 3.8) is 0 Å². The molecule has 0 fully saturated rings. The molecule has 0 atom stereocenters. The van der Waals surface area contributed by atoms with Crippen LogP contribution in [0, 0.1) is 6.92 Å². The summed E-state index contributed by atoms with van der Waals surface area (Å²) in [5.41, 5.74) is 0.380. The molecular weight excluding hydrogens is 438 g/mol. The maximum atomic E-state index is 12.2. The van der Waals surface area contributed by atoms with Gasteiger partial charge in [-0.1, -0.05) is 29.8 Å². The third-order valence-corrected chi connectivity index (χ3v) is 5.87. The van der Waals surface area contributed by atoms with Crippen LogP contribution in [-0.2, 0) is 14.8 Å². The van der Waals surface area contributed by atoms with E-state index >= 15 is 0 Å². The molecule has 0 saturated heterocycles. The number of hydrogen-bond acceptors (Lipinski definition) is 6. The van der Waals surface area contributed by atoms with Gasteiger partial charge in [0.15, 0.2) is 0 Å². The van der Waals surface area contributed by atoms with E-state index in [1.165, 1.54) is 12.1 Å². The molecular formula is C18H14BrNO6S. The number of rotatable bonds is 5. The van der Waals surface area contributed by atoms with E-state index < -0.39 is 28.2 Å². The number of benzene rings is 2. The summed E-state index contributed by atoms with van der Waals surface area (Å²) in [5, 5.41) is 0.542. The van der Waals surface area contributed by atoms with Crippen molar-refractivity contribution in [3.05, 3.63) is 69.0 Å². The Hall–Kier alpha value is -2.49. The van der Waals surface area contributed by atoms with Crippen LogP contribution in [0.2, 0.25) is 0 Å². The highest BCUT2D eigenvalue weighted by Crippen LogP contribution is 2.29. The summed E-state index contributed by atoms with van der Waals surface area (Å²) in [7, 11) is -3.88. The second-order valence-corrected chi connectivity index (χ2v) is 8.20. The number of aryl methyl sites for hydroxylation is 1. The van der Waals surface area contributed by atoms with Crippen molar-refractivity contribution in [1.29, 1.82) is 0 Å². The normalized spacial score (nSPS) is 11.5. The molecule has 0 unspecified atom stereocenters. The van der Waals surface area contributed by atoms with Gasteiger partial charge in [-0.25, -0.2) is 13.2 Å². The van der Waals surface area contributed by atoms with Crippen molar-refractivity contribution in [2.24, 2.45) is 0 Å². The van der Waals surface area contributed by atoms with Gasteiger partial charge in [-0.3, -0.25) is 4.79 Å². The first-order valence-electron chi connectivity index (χ1n) is 7.76. The molecule has 1 aromatic heterocycles. The quantitative estimate of drug-likeness (QED) is 0.472. The van der Waals surface area contributed by atoms with Gasteiger partial charge in [0.1, 0.15) is 12.1 Å². The zero-order valence-electron chi connectivity index (χ0n) is 14.1. The molecule has 0 aliphatic carbocycles. The number of esters is 1. The van der Waals surface area contributed by atoms with E-state index in [9.17, 15) is 18.0 Å². The maximum absolute atomic E-state index is 12.2. The Morgan fingerprint density at radius 3 is 2.52 bits per heavy atom. The van der Waals surface area contributed by atoms with Crippen molar-refractivity contribution in [1.82, 2.24) is 4.72 Å². The molecule has 0 saturated carbocycles. The molecule has 0 amide bonds. The summed E-state index contributed by atoms with van der Waals surface area (Å²) in [6.07, 6.45) is 0. The van der Waals surface area contributed by atoms with E-state index in [2.05, 4.69) is 20.7 Å². The fourth-order valence-electron chi connectivity index (χ4n) is 2.29. The summed E-state index contributed by atoms with van der Waals surface area (Å²) in [6.45, 7) is 1.18. The summed E-state index contributed by atoms with van der Waals surface area (Å²) < 4.78 is 36.9. The van der Waals surface area contributed by atoms with Crippen molar-refractivity contribution in [3.8, 4) is 5.75 Å². The number of sulfonamides is 1. The van der Waals surface area contributed by atoms with E-state index in [0.29, 0.717) is 11.0 Å². The van der Waals surface area contributed by atoms with Crippen LogP contribution in [0.15, 0.2) is 67.1 Å². The average molecular weight is 452 g/mol. The first-order valence-corrected chi connectivity index (χ1v) is 10.0. The minimum atomic E-state index is -3.88. The molecule has 9 heteroatoms. The monoisotopic (exact) mass is 451 g/mol. The zero-order chi connectivity index (χ0) is 19.6. The minimum absolute atomic E-state index is 0.0206. The number of fused-ring (bicyclic) bond motifs is 1. The molecule has 0 spiro atoms. The third-order valence-electron chi connectivity index (χ3n) is 3.66. The number of hydrogen-bond donors (Lipinski definition) is 1. The van der Waals surface area contributed by atoms with Gasteiger partial charge in [0.25, 0.3) is 0 Å². The van der Waals surface area contributed by atoms with Crippen molar-refractivity contribution < 1.29 is 22.4 Å². The fraction of sp³-hybridized carbons (Fsp3) is 0.111. The van der Waals surface area contributed by atoms with Gasteiger partial charge < -0.3 is 9.15 Å². The van der Waals surface area contributed by atoms with E-state index in [1.54, 1.807) is 36.4 Å². The van der Waals surface area contributed by atoms with Crippen molar-refractivity contribution in [2.45, 2.75) is 11.8 Å². The molecule has 0 bridgehead atoms. The van der Waals surface area contributed by atoms with Gasteiger partial charge in [-0.05, 0) is 47.1 Å². The second-order valence-electron chi connectivity index (χ2n) is 5.64. The molecule has 27 heavy (non-hydrogen) atoms. The Kier molecular flexibility index (Phi) is 5.45. The Balaban J connectivity index is 1.76. The number of halogens is 1. The Labute approximate surface area is 163 Å². The Morgan fingerprint density at radius 2 is 1.81 bits per heavy atom. The van der Waals surface area contributed by atoms with E-state index in [4.69, 9.17) is 9.15 Å². The Bertz CT molecular complexity index is 1170. The fourth-order valence-corrected chi connectivity index (χ4v) is 3.83. The van der Waals surface area contributed by atoms with Crippen molar-refractivity contribution >= 4 is 42.9 Å². The first-order chi connectivity index (χ1) is 12.8. The molecule has 0 aliphatic rings. The number of ether oxygens (including phenoxy) is 1. The highest BCUT2D eigenvalue weighted by atomic mass is 79.9. The average Bonchev–Trinajstić information content (AvgIpc) is 2.64. The van der Waals surface area contributed by atoms with Crippen LogP contribution in [-0.4, -0.2) is 20.9 Å². The van der Waals surface area contributed by atoms with Crippen LogP contribution in [0.3, 0.4) is 0 Å². The molecule has 1 heterocycles. The lowest BCUT2D eigenvalue weighted by atomic mass is 10.2. The van der Waals surface area contributed by atoms with Crippen LogP contribution in [0.25, 0.3) is 11.0 Å². The van der Waals surface area contributed by atoms with Crippen LogP contribution in [0.4, 0.5) is 0 Å². The topological polar surface area (TPSA) is 103 Å². The predicted molar refractivity (Wildman–Crippen MR) is 102 cm³/mol. The number of carbonyl (C=O) groups excluding carboxylic acids is 1. The summed E-state index contributed by atoms with van der Waals surface area (Å²) in [5.74, 6) is -1.29. The largest absolute Gasteiger partial charge is 0.420 e. The maximum Gasteiger partial charge on any atom is 0.381 e. The molecule has 0 aliphatic heterocycles. The van der Waals surface area contributed by atoms with Gasteiger partial charge >= 0.3 is 11.6 Å². The predicted octanol–water partition coefficient (Wildman–Crippen LogP) is 2.75. The second kappa shape index (κ2) is 7.63. The smallest absolute Gasteiger partial charge is 0.381 e. The van der Waals surface area contributed by atoms with Crippen LogP contribution >= 0.6 is 15.9 Å². The standard InChI is InChI=1S/C18H14BrNO6S/c1-11-6-8-12(9-7-11)27(23,24)20-10-15(21)26-17-16(19)13-4-2-3-5-14(13)25-18(17)22/h2-9,20H,10H2,1H3. The van der Waals surface area contributed by atoms with Crippen LogP contribution < -0.4 is 15.1 Å². The highest BCUT2D eigenvalue weighted by Gasteiger charge is 2.20. The molecule has 0 radical (unpaired) electrons. The first kappa shape index (κ1) is 19.3. The lowest BCUT2D eigenvalue weighted by Crippen LogP contribution is -2.32. The minimum Gasteiger partial charge on any atom is -0.420 e. The van der Waals surface area contributed by atoms with Crippen LogP contribution in [0.1, 0.15) is 5.56 Å². The highest BCUT2D eigenvalue weighted by molar-refractivity contribution is 9.10. The molecule has 1 N–H and O–H groups in total. The van der Waals surface area contributed by atoms with Crippen LogP contribution in [0.5, 0.6) is 5.75 Å². The zero-order valence-corrected chi connectivity index (χ0v) is 16.5. The van der Waals surface area contributed by atoms with Crippen molar-refractivity contribution in [2.75, 3.05) is 6.54 Å². The van der Waals surface area contributed by atoms with Gasteiger partial charge in [-0.15, -0.1) is 0 Å². The molecule has 7 nitrogen and oxygen atoms in total. The molecule has 3 aromatic rings. The molecule has 3 rings (SSSR count).